The smallest absolute Gasteiger partial charge is 0.298 e. The Bertz CT molecular complexity index is 1420. The van der Waals surface area contributed by atoms with E-state index >= 15 is 0 Å². The average molecular weight is 432 g/mol. The topological polar surface area (TPSA) is 59.8 Å². The van der Waals surface area contributed by atoms with Gasteiger partial charge in [0, 0.05) is 23.0 Å². The highest BCUT2D eigenvalue weighted by Crippen LogP contribution is 2.29. The molecule has 1 amide bonds. The number of benzene rings is 3. The summed E-state index contributed by atoms with van der Waals surface area (Å²) in [4.78, 5) is 26.2. The maximum atomic E-state index is 13.3. The fraction of sp³-hybridized carbons (Fsp3) is 0. The number of anilines is 1. The molecule has 0 radical (unpaired) electrons. The summed E-state index contributed by atoms with van der Waals surface area (Å²) in [5, 5.41) is 2.71. The lowest BCUT2D eigenvalue weighted by molar-refractivity contribution is -0.112. The second-order valence-corrected chi connectivity index (χ2v) is 7.49. The molecule has 5 heteroatoms. The molecular formula is C28H20N2O3. The molecule has 5 nitrogen and oxygen atoms in total. The molecule has 0 spiro atoms. The summed E-state index contributed by atoms with van der Waals surface area (Å²) >= 11 is 0. The summed E-state index contributed by atoms with van der Waals surface area (Å²) in [7, 11) is 0. The van der Waals surface area contributed by atoms with Crippen LogP contribution >= 0.6 is 0 Å². The molecule has 0 fully saturated rings. The number of nitrogens with zero attached hydrogens (tertiary/aromatic N) is 1. The molecule has 2 aromatic heterocycles. The van der Waals surface area contributed by atoms with Gasteiger partial charge in [-0.1, -0.05) is 54.6 Å². The van der Waals surface area contributed by atoms with Crippen molar-refractivity contribution < 1.29 is 14.3 Å². The molecule has 1 N–H and O–H groups in total. The first kappa shape index (κ1) is 20.3. The van der Waals surface area contributed by atoms with Crippen LogP contribution in [-0.2, 0) is 4.79 Å². The predicted octanol–water partition coefficient (Wildman–Crippen LogP) is 6.22. The van der Waals surface area contributed by atoms with E-state index in [9.17, 15) is 9.59 Å². The summed E-state index contributed by atoms with van der Waals surface area (Å²) in [5.74, 6) is 0.0462. The number of carbonyl (C=O) groups is 2. The van der Waals surface area contributed by atoms with Crippen molar-refractivity contribution in [2.45, 2.75) is 0 Å². The number of carbonyl (C=O) groups excluding carboxylic acids is 2. The number of ether oxygens (including phenoxy) is 1. The van der Waals surface area contributed by atoms with Gasteiger partial charge in [0.1, 0.15) is 17.2 Å². The Morgan fingerprint density at radius 3 is 2.06 bits per heavy atom. The molecule has 5 aromatic rings. The van der Waals surface area contributed by atoms with Gasteiger partial charge in [-0.25, -0.2) is 0 Å². The molecule has 2 heterocycles. The SMILES string of the molecule is O=C(Nc1ccc(Oc2ccccc2)cc1)C(=O)c1c(-c2ccccc2)cc2ccccn12. The van der Waals surface area contributed by atoms with Crippen LogP contribution in [0.4, 0.5) is 5.69 Å². The zero-order valence-electron chi connectivity index (χ0n) is 17.6. The number of pyridine rings is 1. The molecule has 0 atom stereocenters. The van der Waals surface area contributed by atoms with Crippen LogP contribution in [0.3, 0.4) is 0 Å². The van der Waals surface area contributed by atoms with Crippen molar-refractivity contribution in [3.8, 4) is 22.6 Å². The van der Waals surface area contributed by atoms with Gasteiger partial charge < -0.3 is 14.5 Å². The monoisotopic (exact) mass is 432 g/mol. The molecule has 0 saturated heterocycles. The van der Waals surface area contributed by atoms with Crippen LogP contribution < -0.4 is 10.1 Å². The third-order valence-corrected chi connectivity index (χ3v) is 5.28. The fourth-order valence-corrected chi connectivity index (χ4v) is 3.72. The maximum absolute atomic E-state index is 13.3. The van der Waals surface area contributed by atoms with E-state index in [2.05, 4.69) is 5.32 Å². The van der Waals surface area contributed by atoms with Crippen LogP contribution in [0.5, 0.6) is 11.5 Å². The van der Waals surface area contributed by atoms with Crippen molar-refractivity contribution in [1.82, 2.24) is 4.40 Å². The van der Waals surface area contributed by atoms with E-state index in [1.54, 1.807) is 34.9 Å². The third-order valence-electron chi connectivity index (χ3n) is 5.28. The summed E-state index contributed by atoms with van der Waals surface area (Å²) in [6.07, 6.45) is 1.79. The summed E-state index contributed by atoms with van der Waals surface area (Å²) < 4.78 is 7.53. The maximum Gasteiger partial charge on any atom is 0.298 e. The van der Waals surface area contributed by atoms with Gasteiger partial charge in [-0.15, -0.1) is 0 Å². The number of para-hydroxylation sites is 1. The van der Waals surface area contributed by atoms with Gasteiger partial charge in [-0.2, -0.15) is 0 Å². The second-order valence-electron chi connectivity index (χ2n) is 7.49. The number of hydrogen-bond donors (Lipinski definition) is 1. The minimum Gasteiger partial charge on any atom is -0.457 e. The highest BCUT2D eigenvalue weighted by atomic mass is 16.5. The molecule has 0 bridgehead atoms. The number of nitrogens with one attached hydrogen (secondary N) is 1. The van der Waals surface area contributed by atoms with E-state index in [-0.39, 0.29) is 0 Å². The lowest BCUT2D eigenvalue weighted by atomic mass is 10.0. The van der Waals surface area contributed by atoms with Gasteiger partial charge in [-0.05, 0) is 60.2 Å². The molecule has 0 unspecified atom stereocenters. The number of Topliss-reactive ketones (excluding diaryl/α,β-unsaturated/α-hetero) is 1. The van der Waals surface area contributed by atoms with Crippen LogP contribution in [0.15, 0.2) is 115 Å². The summed E-state index contributed by atoms with van der Waals surface area (Å²) in [6, 6.07) is 33.5. The highest BCUT2D eigenvalue weighted by Gasteiger charge is 2.24. The van der Waals surface area contributed by atoms with Crippen molar-refractivity contribution in [1.29, 1.82) is 0 Å². The third kappa shape index (κ3) is 4.25. The van der Waals surface area contributed by atoms with Crippen LogP contribution in [-0.4, -0.2) is 16.1 Å². The van der Waals surface area contributed by atoms with Crippen LogP contribution in [0.25, 0.3) is 16.6 Å². The number of hydrogen-bond acceptors (Lipinski definition) is 3. The zero-order valence-corrected chi connectivity index (χ0v) is 17.6. The lowest BCUT2D eigenvalue weighted by Crippen LogP contribution is -2.24. The second kappa shape index (κ2) is 8.85. The first-order chi connectivity index (χ1) is 16.2. The van der Waals surface area contributed by atoms with Crippen molar-refractivity contribution >= 4 is 22.9 Å². The van der Waals surface area contributed by atoms with Gasteiger partial charge >= 0.3 is 0 Å². The van der Waals surface area contributed by atoms with Gasteiger partial charge in [0.05, 0.1) is 0 Å². The quantitative estimate of drug-likeness (QED) is 0.256. The van der Waals surface area contributed by atoms with Crippen LogP contribution in [0.2, 0.25) is 0 Å². The summed E-state index contributed by atoms with van der Waals surface area (Å²) in [5.41, 5.74) is 3.28. The molecule has 3 aromatic carbocycles. The number of rotatable bonds is 6. The Labute approximate surface area is 190 Å². The zero-order chi connectivity index (χ0) is 22.6. The van der Waals surface area contributed by atoms with Gasteiger partial charge in [0.2, 0.25) is 0 Å². The molecule has 0 aliphatic carbocycles. The molecule has 0 saturated carbocycles. The average Bonchev–Trinajstić information content (AvgIpc) is 3.25. The minimum atomic E-state index is -0.701. The minimum absolute atomic E-state index is 0.332. The number of aromatic nitrogens is 1. The predicted molar refractivity (Wildman–Crippen MR) is 129 cm³/mol. The van der Waals surface area contributed by atoms with Gasteiger partial charge in [-0.3, -0.25) is 9.59 Å². The van der Waals surface area contributed by atoms with Crippen LogP contribution in [0, 0.1) is 0 Å². The number of ketones is 1. The standard InChI is InChI=1S/C28H20N2O3/c31-27(26-25(20-9-3-1-4-10-20)19-22-11-7-8-18-30(22)26)28(32)29-21-14-16-24(17-15-21)33-23-12-5-2-6-13-23/h1-19H,(H,29,32). The van der Waals surface area contributed by atoms with E-state index in [1.165, 1.54) is 0 Å². The molecule has 0 aliphatic rings. The Morgan fingerprint density at radius 2 is 1.33 bits per heavy atom. The van der Waals surface area contributed by atoms with E-state index < -0.39 is 11.7 Å². The number of fused-ring (bicyclic) bond motifs is 1. The fourth-order valence-electron chi connectivity index (χ4n) is 3.72. The van der Waals surface area contributed by atoms with E-state index in [1.807, 2.05) is 84.9 Å². The summed E-state index contributed by atoms with van der Waals surface area (Å²) in [6.45, 7) is 0. The first-order valence-corrected chi connectivity index (χ1v) is 10.5. The van der Waals surface area contributed by atoms with Gasteiger partial charge in [0.25, 0.3) is 11.7 Å². The van der Waals surface area contributed by atoms with E-state index in [0.717, 1.165) is 16.8 Å². The normalized spacial score (nSPS) is 10.7. The largest absolute Gasteiger partial charge is 0.457 e. The first-order valence-electron chi connectivity index (χ1n) is 10.5. The molecule has 33 heavy (non-hydrogen) atoms. The van der Waals surface area contributed by atoms with Crippen LogP contribution in [0.1, 0.15) is 10.5 Å². The Kier molecular flexibility index (Phi) is 5.43. The lowest BCUT2D eigenvalue weighted by Gasteiger charge is -2.09. The highest BCUT2D eigenvalue weighted by molar-refractivity contribution is 6.47. The van der Waals surface area contributed by atoms with Crippen molar-refractivity contribution in [2.75, 3.05) is 5.32 Å². The van der Waals surface area contributed by atoms with E-state index in [4.69, 9.17) is 4.74 Å². The molecular weight excluding hydrogens is 412 g/mol. The molecule has 5 rings (SSSR count). The van der Waals surface area contributed by atoms with Crippen molar-refractivity contribution in [3.05, 3.63) is 121 Å². The number of amides is 1. The Hall–Kier alpha value is -4.64. The van der Waals surface area contributed by atoms with Crippen molar-refractivity contribution in [2.24, 2.45) is 0 Å². The molecule has 0 aliphatic heterocycles. The van der Waals surface area contributed by atoms with E-state index in [0.29, 0.717) is 22.7 Å². The Balaban J connectivity index is 1.39. The van der Waals surface area contributed by atoms with Crippen molar-refractivity contribution in [3.63, 3.8) is 0 Å². The molecule has 160 valence electrons. The Morgan fingerprint density at radius 1 is 0.697 bits per heavy atom. The van der Waals surface area contributed by atoms with Gasteiger partial charge in [0.15, 0.2) is 0 Å².